The van der Waals surface area contributed by atoms with Gasteiger partial charge in [0, 0.05) is 17.6 Å². The average molecular weight is 318 g/mol. The first-order chi connectivity index (χ1) is 9.75. The van der Waals surface area contributed by atoms with Gasteiger partial charge >= 0.3 is 0 Å². The predicted octanol–water partition coefficient (Wildman–Crippen LogP) is 2.41. The second kappa shape index (κ2) is 7.09. The van der Waals surface area contributed by atoms with Crippen molar-refractivity contribution in [3.63, 3.8) is 0 Å². The van der Waals surface area contributed by atoms with Gasteiger partial charge in [0.25, 0.3) is 0 Å². The molecule has 3 N–H and O–H groups in total. The fourth-order valence-electron chi connectivity index (χ4n) is 1.98. The molecule has 0 atom stereocenters. The van der Waals surface area contributed by atoms with Crippen LogP contribution < -0.4 is 10.0 Å². The van der Waals surface area contributed by atoms with Crippen LogP contribution in [0, 0.1) is 11.2 Å². The van der Waals surface area contributed by atoms with Crippen LogP contribution in [0.5, 0.6) is 0 Å². The Morgan fingerprint density at radius 1 is 1.29 bits per heavy atom. The van der Waals surface area contributed by atoms with Gasteiger partial charge in [0.15, 0.2) is 0 Å². The predicted molar refractivity (Wildman–Crippen MR) is 83.5 cm³/mol. The summed E-state index contributed by atoms with van der Waals surface area (Å²) in [4.78, 5) is 0. The number of hydrogen-bond acceptors (Lipinski definition) is 4. The Hall–Kier alpha value is -1.34. The lowest BCUT2D eigenvalue weighted by Gasteiger charge is -2.30. The van der Waals surface area contributed by atoms with E-state index in [0.29, 0.717) is 12.2 Å². The molecular formula is C14H23FN2O3S. The van der Waals surface area contributed by atoms with Crippen molar-refractivity contribution in [1.29, 1.82) is 0 Å². The van der Waals surface area contributed by atoms with Gasteiger partial charge in [-0.25, -0.2) is 12.8 Å². The molecule has 0 aliphatic rings. The number of benzene rings is 1. The van der Waals surface area contributed by atoms with Crippen molar-refractivity contribution in [2.24, 2.45) is 5.41 Å². The van der Waals surface area contributed by atoms with E-state index in [1.807, 2.05) is 13.8 Å². The Morgan fingerprint density at radius 2 is 1.90 bits per heavy atom. The average Bonchev–Trinajstić information content (AvgIpc) is 2.43. The molecule has 120 valence electrons. The van der Waals surface area contributed by atoms with E-state index in [-0.39, 0.29) is 17.7 Å². The number of anilines is 2. The Balaban J connectivity index is 2.88. The maximum absolute atomic E-state index is 13.6. The number of rotatable bonds is 8. The highest BCUT2D eigenvalue weighted by atomic mass is 32.2. The smallest absolute Gasteiger partial charge is 0.229 e. The van der Waals surface area contributed by atoms with Crippen molar-refractivity contribution in [1.82, 2.24) is 0 Å². The molecule has 7 heteroatoms. The summed E-state index contributed by atoms with van der Waals surface area (Å²) >= 11 is 0. The van der Waals surface area contributed by atoms with Gasteiger partial charge in [-0.15, -0.1) is 0 Å². The van der Waals surface area contributed by atoms with Crippen molar-refractivity contribution in [3.05, 3.63) is 24.0 Å². The number of aliphatic hydroxyl groups excluding tert-OH is 1. The van der Waals surface area contributed by atoms with Crippen LogP contribution in [0.15, 0.2) is 18.2 Å². The van der Waals surface area contributed by atoms with Gasteiger partial charge in [0.2, 0.25) is 10.0 Å². The molecule has 5 nitrogen and oxygen atoms in total. The van der Waals surface area contributed by atoms with E-state index in [9.17, 15) is 17.9 Å². The topological polar surface area (TPSA) is 78.4 Å². The lowest BCUT2D eigenvalue weighted by atomic mass is 9.83. The van der Waals surface area contributed by atoms with Gasteiger partial charge in [-0.2, -0.15) is 0 Å². The summed E-state index contributed by atoms with van der Waals surface area (Å²) in [6, 6.07) is 4.15. The van der Waals surface area contributed by atoms with Crippen LogP contribution in [0.25, 0.3) is 0 Å². The van der Waals surface area contributed by atoms with Crippen LogP contribution in [0.1, 0.15) is 26.7 Å². The zero-order chi connectivity index (χ0) is 16.1. The molecule has 0 unspecified atom stereocenters. The number of halogens is 1. The lowest BCUT2D eigenvalue weighted by molar-refractivity contribution is 0.127. The first-order valence-corrected chi connectivity index (χ1v) is 8.76. The highest BCUT2D eigenvalue weighted by molar-refractivity contribution is 7.92. The molecule has 0 heterocycles. The van der Waals surface area contributed by atoms with Gasteiger partial charge in [0.05, 0.1) is 18.6 Å². The van der Waals surface area contributed by atoms with E-state index in [0.717, 1.165) is 19.1 Å². The SMILES string of the molecule is CCC(CC)(CO)CNc1ccc(F)c(NS(C)(=O)=O)c1. The van der Waals surface area contributed by atoms with Crippen molar-refractivity contribution in [2.75, 3.05) is 29.4 Å². The van der Waals surface area contributed by atoms with E-state index in [1.165, 1.54) is 18.2 Å². The van der Waals surface area contributed by atoms with Gasteiger partial charge in [-0.3, -0.25) is 4.72 Å². The van der Waals surface area contributed by atoms with Gasteiger partial charge in [-0.05, 0) is 31.0 Å². The molecule has 0 amide bonds. The molecule has 0 spiro atoms. The van der Waals surface area contributed by atoms with Crippen LogP contribution in [0.3, 0.4) is 0 Å². The highest BCUT2D eigenvalue weighted by Gasteiger charge is 2.24. The number of sulfonamides is 1. The van der Waals surface area contributed by atoms with Crippen LogP contribution in [-0.4, -0.2) is 32.9 Å². The summed E-state index contributed by atoms with van der Waals surface area (Å²) in [6.07, 6.45) is 2.59. The molecule has 0 aliphatic carbocycles. The van der Waals surface area contributed by atoms with Crippen LogP contribution >= 0.6 is 0 Å². The summed E-state index contributed by atoms with van der Waals surface area (Å²) in [6.45, 7) is 4.59. The van der Waals surface area contributed by atoms with E-state index < -0.39 is 15.8 Å². The van der Waals surface area contributed by atoms with Crippen molar-refractivity contribution in [2.45, 2.75) is 26.7 Å². The quantitative estimate of drug-likeness (QED) is 0.688. The molecule has 0 radical (unpaired) electrons. The highest BCUT2D eigenvalue weighted by Crippen LogP contribution is 2.27. The molecule has 21 heavy (non-hydrogen) atoms. The summed E-state index contributed by atoms with van der Waals surface area (Å²) in [5.74, 6) is -0.634. The van der Waals surface area contributed by atoms with Gasteiger partial charge in [0.1, 0.15) is 5.82 Å². The molecule has 1 rings (SSSR count). The Labute approximate surface area is 125 Å². The third-order valence-corrected chi connectivity index (χ3v) is 4.36. The molecule has 1 aromatic carbocycles. The number of aliphatic hydroxyl groups is 1. The van der Waals surface area contributed by atoms with Crippen LogP contribution in [-0.2, 0) is 10.0 Å². The molecule has 0 aliphatic heterocycles. The number of hydrogen-bond donors (Lipinski definition) is 3. The minimum absolute atomic E-state index is 0.0582. The fourth-order valence-corrected chi connectivity index (χ4v) is 2.54. The van der Waals surface area contributed by atoms with Gasteiger partial charge in [-0.1, -0.05) is 13.8 Å². The zero-order valence-corrected chi connectivity index (χ0v) is 13.4. The normalized spacial score (nSPS) is 12.2. The monoisotopic (exact) mass is 318 g/mol. The molecule has 0 saturated heterocycles. The van der Waals surface area contributed by atoms with Crippen molar-refractivity contribution in [3.8, 4) is 0 Å². The third kappa shape index (κ3) is 5.17. The van der Waals surface area contributed by atoms with E-state index in [4.69, 9.17) is 0 Å². The first kappa shape index (κ1) is 17.7. The van der Waals surface area contributed by atoms with Crippen LogP contribution in [0.2, 0.25) is 0 Å². The Morgan fingerprint density at radius 3 is 2.38 bits per heavy atom. The lowest BCUT2D eigenvalue weighted by Crippen LogP contribution is -2.32. The molecule has 1 aromatic rings. The summed E-state index contributed by atoms with van der Waals surface area (Å²) in [5.41, 5.74) is 0.270. The van der Waals surface area contributed by atoms with Crippen molar-refractivity contribution >= 4 is 21.4 Å². The molecule has 0 bridgehead atoms. The van der Waals surface area contributed by atoms with E-state index in [1.54, 1.807) is 0 Å². The van der Waals surface area contributed by atoms with Crippen molar-refractivity contribution < 1.29 is 17.9 Å². The van der Waals surface area contributed by atoms with Crippen LogP contribution in [0.4, 0.5) is 15.8 Å². The van der Waals surface area contributed by atoms with E-state index >= 15 is 0 Å². The summed E-state index contributed by atoms with van der Waals surface area (Å²) in [5, 5.41) is 12.6. The standard InChI is InChI=1S/C14H23FN2O3S/c1-4-14(5-2,10-18)9-16-11-6-7-12(15)13(8-11)17-21(3,19)20/h6-8,16-18H,4-5,9-10H2,1-3H3. The first-order valence-electron chi connectivity index (χ1n) is 6.87. The molecular weight excluding hydrogens is 295 g/mol. The zero-order valence-electron chi connectivity index (χ0n) is 12.6. The molecule has 0 fully saturated rings. The molecule has 0 aromatic heterocycles. The maximum atomic E-state index is 13.6. The largest absolute Gasteiger partial charge is 0.396 e. The molecule has 0 saturated carbocycles. The number of nitrogens with one attached hydrogen (secondary N) is 2. The fraction of sp³-hybridized carbons (Fsp3) is 0.571. The third-order valence-electron chi connectivity index (χ3n) is 3.76. The van der Waals surface area contributed by atoms with Gasteiger partial charge < -0.3 is 10.4 Å². The minimum Gasteiger partial charge on any atom is -0.396 e. The summed E-state index contributed by atoms with van der Waals surface area (Å²) in [7, 11) is -3.53. The maximum Gasteiger partial charge on any atom is 0.229 e. The second-order valence-corrected chi connectivity index (χ2v) is 7.04. The van der Waals surface area contributed by atoms with E-state index in [2.05, 4.69) is 10.0 Å². The Kier molecular flexibility index (Phi) is 5.98. The second-order valence-electron chi connectivity index (χ2n) is 5.29. The minimum atomic E-state index is -3.53. The Bertz CT molecular complexity index is 563. The summed E-state index contributed by atoms with van der Waals surface area (Å²) < 4.78 is 38.1.